The molecule has 0 radical (unpaired) electrons. The molecule has 0 spiro atoms. The molecule has 0 saturated heterocycles. The highest BCUT2D eigenvalue weighted by Crippen LogP contribution is 2.07. The van der Waals surface area contributed by atoms with Crippen LogP contribution in [0.2, 0.25) is 0 Å². The van der Waals surface area contributed by atoms with Gasteiger partial charge >= 0.3 is 0 Å². The first-order chi connectivity index (χ1) is 8.31. The van der Waals surface area contributed by atoms with Gasteiger partial charge in [-0.3, -0.25) is 0 Å². The fraction of sp³-hybridized carbons (Fsp3) is 0.200. The number of aromatic nitrogens is 5. The van der Waals surface area contributed by atoms with Gasteiger partial charge in [-0.2, -0.15) is 10.1 Å². The molecule has 0 aliphatic rings. The Morgan fingerprint density at radius 2 is 2.29 bits per heavy atom. The number of anilines is 1. The molecule has 3 rings (SSSR count). The van der Waals surface area contributed by atoms with E-state index in [1.807, 2.05) is 18.3 Å². The highest BCUT2D eigenvalue weighted by Gasteiger charge is 2.03. The maximum atomic E-state index is 4.99. The molecule has 0 aliphatic heterocycles. The van der Waals surface area contributed by atoms with Crippen LogP contribution in [0, 0.1) is 6.92 Å². The minimum atomic E-state index is 0.456. The minimum Gasteiger partial charge on any atom is -0.361 e. The summed E-state index contributed by atoms with van der Waals surface area (Å²) in [4.78, 5) is 8.45. The van der Waals surface area contributed by atoms with Gasteiger partial charge in [0.05, 0.1) is 12.7 Å². The van der Waals surface area contributed by atoms with E-state index in [-0.39, 0.29) is 0 Å². The summed E-state index contributed by atoms with van der Waals surface area (Å²) in [6.07, 6.45) is 3.54. The first kappa shape index (κ1) is 9.76. The molecule has 3 heterocycles. The second-order valence-electron chi connectivity index (χ2n) is 3.54. The van der Waals surface area contributed by atoms with Gasteiger partial charge < -0.3 is 9.84 Å². The van der Waals surface area contributed by atoms with Gasteiger partial charge in [0.2, 0.25) is 5.89 Å². The van der Waals surface area contributed by atoms with Crippen molar-refractivity contribution in [2.24, 2.45) is 0 Å². The summed E-state index contributed by atoms with van der Waals surface area (Å²) >= 11 is 0. The van der Waals surface area contributed by atoms with Crippen LogP contribution in [0.15, 0.2) is 29.0 Å². The van der Waals surface area contributed by atoms with Crippen molar-refractivity contribution in [3.63, 3.8) is 0 Å². The molecule has 0 atom stereocenters. The summed E-state index contributed by atoms with van der Waals surface area (Å²) < 4.78 is 6.69. The Morgan fingerprint density at radius 3 is 3.12 bits per heavy atom. The second kappa shape index (κ2) is 3.85. The number of rotatable bonds is 3. The normalized spacial score (nSPS) is 10.9. The Labute approximate surface area is 96.5 Å². The van der Waals surface area contributed by atoms with Crippen LogP contribution in [0.5, 0.6) is 0 Å². The van der Waals surface area contributed by atoms with E-state index in [1.54, 1.807) is 17.6 Å². The van der Waals surface area contributed by atoms with Crippen molar-refractivity contribution in [2.75, 3.05) is 5.32 Å². The van der Waals surface area contributed by atoms with Crippen LogP contribution in [0.25, 0.3) is 5.65 Å². The van der Waals surface area contributed by atoms with Crippen LogP contribution in [-0.2, 0) is 6.54 Å². The van der Waals surface area contributed by atoms with E-state index in [9.17, 15) is 0 Å². The van der Waals surface area contributed by atoms with Gasteiger partial charge in [-0.1, -0.05) is 5.16 Å². The van der Waals surface area contributed by atoms with E-state index in [2.05, 4.69) is 25.5 Å². The average Bonchev–Trinajstić information content (AvgIpc) is 2.94. The zero-order chi connectivity index (χ0) is 11.7. The number of hydrogen-bond acceptors (Lipinski definition) is 6. The van der Waals surface area contributed by atoms with Gasteiger partial charge in [-0.05, 0) is 13.0 Å². The summed E-state index contributed by atoms with van der Waals surface area (Å²) in [7, 11) is 0. The third kappa shape index (κ3) is 1.94. The van der Waals surface area contributed by atoms with Crippen LogP contribution in [0.1, 0.15) is 11.7 Å². The molecule has 0 aliphatic carbocycles. The first-order valence-corrected chi connectivity index (χ1v) is 5.15. The van der Waals surface area contributed by atoms with Crippen molar-refractivity contribution in [1.82, 2.24) is 24.7 Å². The molecule has 17 heavy (non-hydrogen) atoms. The maximum Gasteiger partial charge on any atom is 0.245 e. The molecule has 1 N–H and O–H groups in total. The molecular weight excluding hydrogens is 220 g/mol. The predicted octanol–water partition coefficient (Wildman–Crippen LogP) is 1.03. The zero-order valence-electron chi connectivity index (χ0n) is 9.16. The van der Waals surface area contributed by atoms with Crippen LogP contribution in [0.4, 0.5) is 5.82 Å². The SMILES string of the molecule is Cc1noc(CNc2ccn3nccc3n2)n1. The number of hydrogen-bond donors (Lipinski definition) is 1. The lowest BCUT2D eigenvalue weighted by Gasteiger charge is -2.02. The van der Waals surface area contributed by atoms with Crippen molar-refractivity contribution in [3.8, 4) is 0 Å². The predicted molar refractivity (Wildman–Crippen MR) is 59.3 cm³/mol. The minimum absolute atomic E-state index is 0.456. The molecule has 3 aromatic heterocycles. The lowest BCUT2D eigenvalue weighted by molar-refractivity contribution is 0.379. The molecule has 86 valence electrons. The Morgan fingerprint density at radius 1 is 1.35 bits per heavy atom. The van der Waals surface area contributed by atoms with Crippen molar-refractivity contribution in [2.45, 2.75) is 13.5 Å². The van der Waals surface area contributed by atoms with Gasteiger partial charge in [-0.15, -0.1) is 0 Å². The van der Waals surface area contributed by atoms with Gasteiger partial charge in [0.15, 0.2) is 11.5 Å². The molecule has 0 aromatic carbocycles. The Hall–Kier alpha value is -2.44. The van der Waals surface area contributed by atoms with Gasteiger partial charge in [0, 0.05) is 12.3 Å². The van der Waals surface area contributed by atoms with E-state index in [0.717, 1.165) is 11.5 Å². The van der Waals surface area contributed by atoms with Crippen LogP contribution in [-0.4, -0.2) is 24.7 Å². The van der Waals surface area contributed by atoms with E-state index < -0.39 is 0 Å². The molecule has 7 heteroatoms. The van der Waals surface area contributed by atoms with Crippen molar-refractivity contribution in [3.05, 3.63) is 36.2 Å². The molecule has 0 unspecified atom stereocenters. The molecule has 3 aromatic rings. The Balaban J connectivity index is 1.76. The first-order valence-electron chi connectivity index (χ1n) is 5.15. The maximum absolute atomic E-state index is 4.99. The standard InChI is InChI=1S/C10H10N6O/c1-7-13-10(17-15-7)6-11-8-3-5-16-9(14-8)2-4-12-16/h2-5H,6H2,1H3,(H,11,14). The molecule has 0 fully saturated rings. The third-order valence-corrected chi connectivity index (χ3v) is 2.25. The summed E-state index contributed by atoms with van der Waals surface area (Å²) in [6, 6.07) is 3.67. The zero-order valence-corrected chi connectivity index (χ0v) is 9.16. The number of nitrogens with zero attached hydrogens (tertiary/aromatic N) is 5. The van der Waals surface area contributed by atoms with Crippen molar-refractivity contribution < 1.29 is 4.52 Å². The number of aryl methyl sites for hydroxylation is 1. The van der Waals surface area contributed by atoms with Crippen LogP contribution < -0.4 is 5.32 Å². The fourth-order valence-corrected chi connectivity index (χ4v) is 1.49. The Bertz CT molecular complexity index is 643. The fourth-order valence-electron chi connectivity index (χ4n) is 1.49. The molecule has 7 nitrogen and oxygen atoms in total. The second-order valence-corrected chi connectivity index (χ2v) is 3.54. The van der Waals surface area contributed by atoms with E-state index in [4.69, 9.17) is 4.52 Å². The van der Waals surface area contributed by atoms with Gasteiger partial charge in [0.1, 0.15) is 5.82 Å². The molecular formula is C10H10N6O. The van der Waals surface area contributed by atoms with E-state index in [1.165, 1.54) is 0 Å². The lowest BCUT2D eigenvalue weighted by Crippen LogP contribution is -2.02. The largest absolute Gasteiger partial charge is 0.361 e. The number of fused-ring (bicyclic) bond motifs is 1. The van der Waals surface area contributed by atoms with Crippen molar-refractivity contribution in [1.29, 1.82) is 0 Å². The molecule has 0 bridgehead atoms. The van der Waals surface area contributed by atoms with E-state index >= 15 is 0 Å². The van der Waals surface area contributed by atoms with Crippen molar-refractivity contribution >= 4 is 11.5 Å². The highest BCUT2D eigenvalue weighted by molar-refractivity contribution is 5.45. The summed E-state index contributed by atoms with van der Waals surface area (Å²) in [6.45, 7) is 2.24. The summed E-state index contributed by atoms with van der Waals surface area (Å²) in [5.41, 5.74) is 0.789. The Kier molecular flexibility index (Phi) is 2.21. The van der Waals surface area contributed by atoms with Gasteiger partial charge in [0.25, 0.3) is 0 Å². The topological polar surface area (TPSA) is 81.1 Å². The smallest absolute Gasteiger partial charge is 0.245 e. The van der Waals surface area contributed by atoms with Crippen LogP contribution >= 0.6 is 0 Å². The monoisotopic (exact) mass is 230 g/mol. The third-order valence-electron chi connectivity index (χ3n) is 2.25. The lowest BCUT2D eigenvalue weighted by atomic mass is 10.5. The molecule has 0 amide bonds. The quantitative estimate of drug-likeness (QED) is 0.723. The number of nitrogens with one attached hydrogen (secondary N) is 1. The summed E-state index contributed by atoms with van der Waals surface area (Å²) in [5.74, 6) is 1.91. The van der Waals surface area contributed by atoms with E-state index in [0.29, 0.717) is 18.3 Å². The van der Waals surface area contributed by atoms with Gasteiger partial charge in [-0.25, -0.2) is 9.50 Å². The average molecular weight is 230 g/mol. The highest BCUT2D eigenvalue weighted by atomic mass is 16.5. The summed E-state index contributed by atoms with van der Waals surface area (Å²) in [5, 5.41) is 10.9. The molecule has 0 saturated carbocycles. The van der Waals surface area contributed by atoms with Crippen LogP contribution in [0.3, 0.4) is 0 Å².